The summed E-state index contributed by atoms with van der Waals surface area (Å²) < 4.78 is 7.17. The van der Waals surface area contributed by atoms with Crippen LogP contribution in [-0.2, 0) is 11.3 Å². The Morgan fingerprint density at radius 3 is 2.30 bits per heavy atom. The highest BCUT2D eigenvalue weighted by molar-refractivity contribution is 6.31. The molecule has 44 heavy (non-hydrogen) atoms. The number of aromatic nitrogens is 1. The molecule has 1 heterocycles. The van der Waals surface area contributed by atoms with Crippen LogP contribution in [0.25, 0.3) is 10.8 Å². The van der Waals surface area contributed by atoms with Gasteiger partial charge in [0, 0.05) is 34.8 Å². The van der Waals surface area contributed by atoms with Gasteiger partial charge >= 0.3 is 6.09 Å². The van der Waals surface area contributed by atoms with Gasteiger partial charge in [0.2, 0.25) is 0 Å². The van der Waals surface area contributed by atoms with Crippen molar-refractivity contribution in [3.05, 3.63) is 117 Å². The number of carbonyl (C=O) groups is 2. The second kappa shape index (κ2) is 14.1. The van der Waals surface area contributed by atoms with Crippen molar-refractivity contribution < 1.29 is 14.3 Å². The van der Waals surface area contributed by atoms with Gasteiger partial charge in [-0.3, -0.25) is 9.59 Å². The van der Waals surface area contributed by atoms with Crippen LogP contribution in [-0.4, -0.2) is 40.2 Å². The molecule has 7 nitrogen and oxygen atoms in total. The predicted molar refractivity (Wildman–Crippen MR) is 177 cm³/mol. The Bertz CT molecular complexity index is 1660. The lowest BCUT2D eigenvalue weighted by Crippen LogP contribution is -2.42. The van der Waals surface area contributed by atoms with Gasteiger partial charge in [-0.05, 0) is 87.4 Å². The minimum absolute atomic E-state index is 0.0544. The monoisotopic (exact) mass is 615 g/mol. The van der Waals surface area contributed by atoms with E-state index in [2.05, 4.69) is 19.2 Å². The van der Waals surface area contributed by atoms with Crippen molar-refractivity contribution in [3.63, 3.8) is 0 Å². The van der Waals surface area contributed by atoms with Crippen molar-refractivity contribution in [2.24, 2.45) is 5.92 Å². The van der Waals surface area contributed by atoms with E-state index in [0.717, 1.165) is 22.2 Å². The van der Waals surface area contributed by atoms with E-state index >= 15 is 0 Å². The highest BCUT2D eigenvalue weighted by Gasteiger charge is 2.31. The number of hydrogen-bond donors (Lipinski definition) is 1. The molecule has 0 saturated carbocycles. The summed E-state index contributed by atoms with van der Waals surface area (Å²) in [6, 6.07) is 24.1. The topological polar surface area (TPSA) is 80.6 Å². The molecule has 0 aliphatic rings. The van der Waals surface area contributed by atoms with E-state index < -0.39 is 17.7 Å². The number of amides is 2. The molecule has 1 N–H and O–H groups in total. The van der Waals surface area contributed by atoms with E-state index in [-0.39, 0.29) is 17.4 Å². The van der Waals surface area contributed by atoms with Crippen molar-refractivity contribution in [2.75, 3.05) is 13.1 Å². The van der Waals surface area contributed by atoms with Crippen LogP contribution in [0, 0.1) is 12.8 Å². The second-order valence-corrected chi connectivity index (χ2v) is 12.9. The van der Waals surface area contributed by atoms with Gasteiger partial charge in [0.1, 0.15) is 5.60 Å². The Kier molecular flexibility index (Phi) is 10.5. The molecule has 8 heteroatoms. The zero-order valence-electron chi connectivity index (χ0n) is 26.4. The van der Waals surface area contributed by atoms with Crippen LogP contribution in [0.4, 0.5) is 4.79 Å². The number of ether oxygens (including phenoxy) is 1. The lowest BCUT2D eigenvalue weighted by molar-refractivity contribution is 0.0520. The minimum atomic E-state index is -0.609. The summed E-state index contributed by atoms with van der Waals surface area (Å²) in [5.41, 5.74) is 2.56. The van der Waals surface area contributed by atoms with Crippen molar-refractivity contribution in [1.82, 2.24) is 14.8 Å². The maximum atomic E-state index is 14.3. The van der Waals surface area contributed by atoms with Crippen LogP contribution in [0.2, 0.25) is 5.02 Å². The molecule has 2 amide bonds. The van der Waals surface area contributed by atoms with E-state index in [1.54, 1.807) is 22.8 Å². The van der Waals surface area contributed by atoms with Crippen LogP contribution >= 0.6 is 11.6 Å². The normalized spacial score (nSPS) is 12.3. The summed E-state index contributed by atoms with van der Waals surface area (Å²) in [6.45, 7) is 12.5. The summed E-state index contributed by atoms with van der Waals surface area (Å²) in [5.74, 6) is -0.202. The lowest BCUT2D eigenvalue weighted by Gasteiger charge is -2.36. The number of carbonyl (C=O) groups excluding carboxylic acids is 2. The third kappa shape index (κ3) is 8.29. The van der Waals surface area contributed by atoms with Gasteiger partial charge in [0.05, 0.1) is 12.6 Å². The van der Waals surface area contributed by atoms with Gasteiger partial charge in [0.15, 0.2) is 0 Å². The molecule has 4 aromatic rings. The second-order valence-electron chi connectivity index (χ2n) is 12.5. The molecule has 4 rings (SSSR count). The van der Waals surface area contributed by atoms with Crippen LogP contribution in [0.3, 0.4) is 0 Å². The molecule has 0 bridgehead atoms. The smallest absolute Gasteiger partial charge is 0.407 e. The van der Waals surface area contributed by atoms with Crippen LogP contribution in [0.15, 0.2) is 83.7 Å². The van der Waals surface area contributed by atoms with E-state index in [1.807, 2.05) is 93.3 Å². The van der Waals surface area contributed by atoms with Crippen molar-refractivity contribution in [3.8, 4) is 0 Å². The Morgan fingerprint density at radius 1 is 0.977 bits per heavy atom. The van der Waals surface area contributed by atoms with Gasteiger partial charge in [-0.2, -0.15) is 0 Å². The molecular weight excluding hydrogens is 574 g/mol. The fourth-order valence-electron chi connectivity index (χ4n) is 5.37. The van der Waals surface area contributed by atoms with E-state index in [9.17, 15) is 14.4 Å². The van der Waals surface area contributed by atoms with Gasteiger partial charge in [0.25, 0.3) is 11.5 Å². The molecule has 232 valence electrons. The Hall–Kier alpha value is -4.10. The first-order valence-corrected chi connectivity index (χ1v) is 15.4. The van der Waals surface area contributed by atoms with Crippen molar-refractivity contribution in [1.29, 1.82) is 0 Å². The van der Waals surface area contributed by atoms with Gasteiger partial charge in [-0.15, -0.1) is 0 Å². The number of nitrogens with one attached hydrogen (secondary N) is 1. The average molecular weight is 616 g/mol. The number of aryl methyl sites for hydroxylation is 1. The highest BCUT2D eigenvalue weighted by Crippen LogP contribution is 2.32. The molecule has 0 aliphatic carbocycles. The average Bonchev–Trinajstić information content (AvgIpc) is 2.95. The van der Waals surface area contributed by atoms with E-state index in [1.165, 1.54) is 0 Å². The van der Waals surface area contributed by atoms with Gasteiger partial charge in [-0.1, -0.05) is 73.5 Å². The standard InChI is InChI=1S/C36H42ClN3O4/c1-24(2)32(31-22-28-21-29(37)17-18-30(28)34(42)40(31)23-26-11-8-7-9-12-26)39(33(41)27-15-13-25(3)14-16-27)20-10-19-38-35(43)44-36(4,5)6/h7-9,11-18,21-22,24,32H,10,19-20,23H2,1-6H3,(H,38,43). The Balaban J connectivity index is 1.80. The maximum Gasteiger partial charge on any atom is 0.407 e. The summed E-state index contributed by atoms with van der Waals surface area (Å²) in [6.07, 6.45) is -0.0139. The number of rotatable bonds is 10. The summed E-state index contributed by atoms with van der Waals surface area (Å²) in [5, 5.41) is 4.62. The SMILES string of the molecule is Cc1ccc(C(=O)N(CCCNC(=O)OC(C)(C)C)C(c2cc3cc(Cl)ccc3c(=O)n2Cc2ccccc2)C(C)C)cc1. The summed E-state index contributed by atoms with van der Waals surface area (Å²) >= 11 is 6.37. The molecule has 0 radical (unpaired) electrons. The number of pyridine rings is 1. The van der Waals surface area contributed by atoms with Crippen molar-refractivity contribution in [2.45, 2.75) is 66.2 Å². The highest BCUT2D eigenvalue weighted by atomic mass is 35.5. The van der Waals surface area contributed by atoms with Crippen LogP contribution in [0.5, 0.6) is 0 Å². The molecular formula is C36H42ClN3O4. The minimum Gasteiger partial charge on any atom is -0.444 e. The zero-order chi connectivity index (χ0) is 32.0. The number of halogens is 1. The van der Waals surface area contributed by atoms with Gasteiger partial charge < -0.3 is 19.5 Å². The third-order valence-electron chi connectivity index (χ3n) is 7.36. The Morgan fingerprint density at radius 2 is 1.66 bits per heavy atom. The lowest BCUT2D eigenvalue weighted by atomic mass is 9.94. The molecule has 1 atom stereocenters. The molecule has 1 aromatic heterocycles. The molecule has 3 aromatic carbocycles. The van der Waals surface area contributed by atoms with E-state index in [0.29, 0.717) is 42.0 Å². The number of nitrogens with zero attached hydrogens (tertiary/aromatic N) is 2. The van der Waals surface area contributed by atoms with Crippen LogP contribution in [0.1, 0.15) is 74.3 Å². The largest absolute Gasteiger partial charge is 0.444 e. The fraction of sp³-hybridized carbons (Fsp3) is 0.361. The zero-order valence-corrected chi connectivity index (χ0v) is 27.1. The molecule has 0 saturated heterocycles. The Labute approximate surface area is 264 Å². The molecule has 0 spiro atoms. The predicted octanol–water partition coefficient (Wildman–Crippen LogP) is 7.77. The first-order chi connectivity index (χ1) is 20.8. The molecule has 1 unspecified atom stereocenters. The third-order valence-corrected chi connectivity index (χ3v) is 7.60. The number of hydrogen-bond acceptors (Lipinski definition) is 4. The number of fused-ring (bicyclic) bond motifs is 1. The first kappa shape index (κ1) is 32.8. The number of alkyl carbamates (subject to hydrolysis) is 1. The van der Waals surface area contributed by atoms with Crippen molar-refractivity contribution >= 4 is 34.4 Å². The maximum absolute atomic E-state index is 14.3. The first-order valence-electron chi connectivity index (χ1n) is 15.1. The number of benzene rings is 3. The summed E-state index contributed by atoms with van der Waals surface area (Å²) in [7, 11) is 0. The van der Waals surface area contributed by atoms with E-state index in [4.69, 9.17) is 16.3 Å². The fourth-order valence-corrected chi connectivity index (χ4v) is 5.55. The van der Waals surface area contributed by atoms with Crippen LogP contribution < -0.4 is 10.9 Å². The quantitative estimate of drug-likeness (QED) is 0.185. The van der Waals surface area contributed by atoms with Gasteiger partial charge in [-0.25, -0.2) is 4.79 Å². The molecule has 0 fully saturated rings. The summed E-state index contributed by atoms with van der Waals surface area (Å²) in [4.78, 5) is 42.5. The molecule has 0 aliphatic heterocycles.